The Labute approximate surface area is 119 Å². The maximum absolute atomic E-state index is 13.2. The van der Waals surface area contributed by atoms with Gasteiger partial charge < -0.3 is 4.90 Å². The van der Waals surface area contributed by atoms with Crippen LogP contribution >= 0.6 is 0 Å². The average molecular weight is 298 g/mol. The van der Waals surface area contributed by atoms with Crippen LogP contribution in [0.2, 0.25) is 0 Å². The van der Waals surface area contributed by atoms with Gasteiger partial charge in [0.2, 0.25) is 0 Å². The molecule has 0 bridgehead atoms. The largest absolute Gasteiger partial charge is 0.363 e. The predicted molar refractivity (Wildman–Crippen MR) is 77.2 cm³/mol. The number of aromatic nitrogens is 1. The van der Waals surface area contributed by atoms with E-state index >= 15 is 0 Å². The number of nitrogens with zero attached hydrogens (tertiary/aromatic N) is 2. The van der Waals surface area contributed by atoms with Gasteiger partial charge in [-0.05, 0) is 45.4 Å². The normalized spacial score (nSPS) is 17.0. The zero-order valence-electron chi connectivity index (χ0n) is 11.9. The highest BCUT2D eigenvalue weighted by Crippen LogP contribution is 2.25. The van der Waals surface area contributed by atoms with Gasteiger partial charge in [0, 0.05) is 6.54 Å². The summed E-state index contributed by atoms with van der Waals surface area (Å²) in [6.45, 7) is 5.85. The molecule has 0 amide bonds. The first kappa shape index (κ1) is 15.0. The van der Waals surface area contributed by atoms with Crippen molar-refractivity contribution >= 4 is 15.5 Å². The summed E-state index contributed by atoms with van der Waals surface area (Å²) < 4.78 is 36.9. The summed E-state index contributed by atoms with van der Waals surface area (Å²) in [5.41, 5.74) is 0.737. The van der Waals surface area contributed by atoms with Crippen molar-refractivity contribution in [2.24, 2.45) is 0 Å². The molecule has 20 heavy (non-hydrogen) atoms. The Balaban J connectivity index is 2.26. The van der Waals surface area contributed by atoms with Gasteiger partial charge in [0.25, 0.3) is 0 Å². The summed E-state index contributed by atoms with van der Waals surface area (Å²) in [4.78, 5) is 5.89. The van der Waals surface area contributed by atoms with Crippen LogP contribution in [0.5, 0.6) is 0 Å². The average Bonchev–Trinajstić information content (AvgIpc) is 2.37. The second-order valence-corrected chi connectivity index (χ2v) is 8.48. The van der Waals surface area contributed by atoms with Crippen molar-refractivity contribution in [3.63, 3.8) is 0 Å². The van der Waals surface area contributed by atoms with Gasteiger partial charge in [-0.1, -0.05) is 0 Å². The summed E-state index contributed by atoms with van der Waals surface area (Å²) >= 11 is 0. The lowest BCUT2D eigenvalue weighted by atomic mass is 10.2. The molecule has 0 aliphatic carbocycles. The monoisotopic (exact) mass is 298 g/mol. The van der Waals surface area contributed by atoms with Crippen LogP contribution in [0.3, 0.4) is 0 Å². The van der Waals surface area contributed by atoms with E-state index in [1.807, 2.05) is 4.90 Å². The van der Waals surface area contributed by atoms with Crippen LogP contribution in [0, 0.1) is 0 Å². The number of rotatable bonds is 2. The van der Waals surface area contributed by atoms with Crippen molar-refractivity contribution < 1.29 is 12.8 Å². The number of hydrogen-bond acceptors (Lipinski definition) is 4. The molecular formula is C14H19FN2O2S. The van der Waals surface area contributed by atoms with Gasteiger partial charge in [-0.3, -0.25) is 0 Å². The highest BCUT2D eigenvalue weighted by atomic mass is 32.2. The van der Waals surface area contributed by atoms with Crippen molar-refractivity contribution in [3.8, 4) is 0 Å². The van der Waals surface area contributed by atoms with Gasteiger partial charge in [0.15, 0.2) is 14.9 Å². The fraction of sp³-hybridized carbons (Fsp3) is 0.500. The van der Waals surface area contributed by atoms with Crippen molar-refractivity contribution in [2.75, 3.05) is 18.0 Å². The standard InChI is InChI=1S/C14H19FN2O2S/c1-14(2,3)20(18,19)13-7-6-12(9-16-13)17-8-4-5-11(15)10-17/h5-7,9H,4,8,10H2,1-3H3. The molecule has 2 heterocycles. The molecule has 0 saturated carbocycles. The quantitative estimate of drug-likeness (QED) is 0.842. The molecule has 110 valence electrons. The van der Waals surface area contributed by atoms with Crippen LogP contribution in [-0.4, -0.2) is 31.2 Å². The molecule has 6 heteroatoms. The molecule has 0 saturated heterocycles. The van der Waals surface area contributed by atoms with Crippen LogP contribution in [0.25, 0.3) is 0 Å². The Morgan fingerprint density at radius 1 is 1.30 bits per heavy atom. The van der Waals surface area contributed by atoms with E-state index in [1.54, 1.807) is 32.9 Å². The van der Waals surface area contributed by atoms with E-state index in [0.717, 1.165) is 5.69 Å². The van der Waals surface area contributed by atoms with E-state index in [2.05, 4.69) is 4.98 Å². The Bertz CT molecular complexity index is 616. The van der Waals surface area contributed by atoms with E-state index in [-0.39, 0.29) is 17.4 Å². The molecule has 1 aromatic rings. The van der Waals surface area contributed by atoms with Crippen molar-refractivity contribution in [1.82, 2.24) is 4.98 Å². The minimum absolute atomic E-state index is 0.0572. The van der Waals surface area contributed by atoms with Gasteiger partial charge in [0.05, 0.1) is 23.2 Å². The molecule has 0 unspecified atom stereocenters. The van der Waals surface area contributed by atoms with E-state index in [4.69, 9.17) is 0 Å². The molecular weight excluding hydrogens is 279 g/mol. The second kappa shape index (κ2) is 5.16. The molecule has 4 nitrogen and oxygen atoms in total. The number of sulfone groups is 1. The summed E-state index contributed by atoms with van der Waals surface area (Å²) in [5, 5.41) is 0.0572. The first-order chi connectivity index (χ1) is 9.22. The molecule has 0 radical (unpaired) electrons. The van der Waals surface area contributed by atoms with Crippen molar-refractivity contribution in [1.29, 1.82) is 0 Å². The SMILES string of the molecule is CC(C)(C)S(=O)(=O)c1ccc(N2CCC=C(F)C2)cn1. The van der Waals surface area contributed by atoms with E-state index in [9.17, 15) is 12.8 Å². The fourth-order valence-electron chi connectivity index (χ4n) is 1.96. The first-order valence-electron chi connectivity index (χ1n) is 6.52. The molecule has 0 fully saturated rings. The van der Waals surface area contributed by atoms with Gasteiger partial charge in [-0.25, -0.2) is 17.8 Å². The molecule has 0 N–H and O–H groups in total. The minimum Gasteiger partial charge on any atom is -0.363 e. The van der Waals surface area contributed by atoms with Crippen LogP contribution in [0.1, 0.15) is 27.2 Å². The molecule has 1 aliphatic rings. The Morgan fingerprint density at radius 2 is 2.00 bits per heavy atom. The zero-order valence-corrected chi connectivity index (χ0v) is 12.7. The summed E-state index contributed by atoms with van der Waals surface area (Å²) in [6.07, 6.45) is 3.72. The third kappa shape index (κ3) is 2.85. The smallest absolute Gasteiger partial charge is 0.200 e. The Kier molecular flexibility index (Phi) is 3.86. The van der Waals surface area contributed by atoms with Crippen molar-refractivity contribution in [3.05, 3.63) is 30.2 Å². The van der Waals surface area contributed by atoms with Gasteiger partial charge in [-0.15, -0.1) is 0 Å². The zero-order chi connectivity index (χ0) is 15.0. The number of pyridine rings is 1. The van der Waals surface area contributed by atoms with Gasteiger partial charge >= 0.3 is 0 Å². The topological polar surface area (TPSA) is 50.3 Å². The fourth-order valence-corrected chi connectivity index (χ4v) is 3.02. The molecule has 2 rings (SSSR count). The number of anilines is 1. The highest BCUT2D eigenvalue weighted by Gasteiger charge is 2.32. The first-order valence-corrected chi connectivity index (χ1v) is 8.00. The van der Waals surface area contributed by atoms with Gasteiger partial charge in [-0.2, -0.15) is 0 Å². The second-order valence-electron chi connectivity index (χ2n) is 5.83. The lowest BCUT2D eigenvalue weighted by Crippen LogP contribution is -2.30. The van der Waals surface area contributed by atoms with Crippen LogP contribution < -0.4 is 4.90 Å². The minimum atomic E-state index is -3.45. The van der Waals surface area contributed by atoms with Crippen LogP contribution in [0.15, 0.2) is 35.3 Å². The lowest BCUT2D eigenvalue weighted by molar-refractivity contribution is 0.556. The molecule has 1 aliphatic heterocycles. The summed E-state index contributed by atoms with van der Waals surface area (Å²) in [5.74, 6) is -0.164. The molecule has 0 spiro atoms. The van der Waals surface area contributed by atoms with Crippen LogP contribution in [0.4, 0.5) is 10.1 Å². The maximum Gasteiger partial charge on any atom is 0.200 e. The van der Waals surface area contributed by atoms with E-state index in [1.165, 1.54) is 12.3 Å². The maximum atomic E-state index is 13.2. The van der Waals surface area contributed by atoms with E-state index in [0.29, 0.717) is 13.0 Å². The summed E-state index contributed by atoms with van der Waals surface area (Å²) in [7, 11) is -3.45. The third-order valence-electron chi connectivity index (χ3n) is 3.27. The number of halogens is 1. The molecule has 0 atom stereocenters. The van der Waals surface area contributed by atoms with Gasteiger partial charge in [0.1, 0.15) is 5.83 Å². The van der Waals surface area contributed by atoms with E-state index < -0.39 is 14.6 Å². The Hall–Kier alpha value is -1.43. The molecule has 1 aromatic heterocycles. The van der Waals surface area contributed by atoms with Crippen LogP contribution in [-0.2, 0) is 9.84 Å². The Morgan fingerprint density at radius 3 is 2.50 bits per heavy atom. The highest BCUT2D eigenvalue weighted by molar-refractivity contribution is 7.92. The summed E-state index contributed by atoms with van der Waals surface area (Å²) in [6, 6.07) is 3.18. The lowest BCUT2D eigenvalue weighted by Gasteiger charge is -2.26. The molecule has 0 aromatic carbocycles. The number of hydrogen-bond donors (Lipinski definition) is 0. The third-order valence-corrected chi connectivity index (χ3v) is 5.68. The van der Waals surface area contributed by atoms with Crippen molar-refractivity contribution in [2.45, 2.75) is 37.0 Å². The predicted octanol–water partition coefficient (Wildman–Crippen LogP) is 2.72.